The average molecular weight is 260 g/mol. The average Bonchev–Trinajstić information content (AvgIpc) is 2.84. The third-order valence-corrected chi connectivity index (χ3v) is 4.05. The highest BCUT2D eigenvalue weighted by Gasteiger charge is 2.12. The van der Waals surface area contributed by atoms with E-state index in [-0.39, 0.29) is 0 Å². The van der Waals surface area contributed by atoms with Gasteiger partial charge in [-0.2, -0.15) is 0 Å². The first kappa shape index (κ1) is 13.9. The first-order valence-electron chi connectivity index (χ1n) is 7.19. The van der Waals surface area contributed by atoms with Crippen LogP contribution in [0.5, 0.6) is 5.75 Å². The van der Waals surface area contributed by atoms with E-state index in [0.29, 0.717) is 11.8 Å². The quantitative estimate of drug-likeness (QED) is 0.834. The fourth-order valence-electron chi connectivity index (χ4n) is 2.64. The minimum absolute atomic E-state index is 0.375. The van der Waals surface area contributed by atoms with Gasteiger partial charge in [-0.25, -0.2) is 0 Å². The normalized spacial score (nSPS) is 13.3. The second-order valence-corrected chi connectivity index (χ2v) is 5.15. The molecule has 0 radical (unpaired) electrons. The number of aromatic hydroxyl groups is 1. The highest BCUT2D eigenvalue weighted by Crippen LogP contribution is 2.28. The van der Waals surface area contributed by atoms with Crippen molar-refractivity contribution in [2.24, 2.45) is 0 Å². The van der Waals surface area contributed by atoms with Crippen LogP contribution in [0.15, 0.2) is 24.4 Å². The second-order valence-electron chi connectivity index (χ2n) is 5.15. The largest absolute Gasteiger partial charge is 0.507 e. The van der Waals surface area contributed by atoms with Crippen LogP contribution in [0.1, 0.15) is 32.8 Å². The fraction of sp³-hybridized carbons (Fsp3) is 0.500. The van der Waals surface area contributed by atoms with Crippen LogP contribution in [-0.2, 0) is 6.42 Å². The maximum absolute atomic E-state index is 9.99. The molecule has 2 N–H and O–H groups in total. The first-order valence-corrected chi connectivity index (χ1v) is 7.19. The van der Waals surface area contributed by atoms with Gasteiger partial charge in [0.05, 0.1) is 0 Å². The lowest BCUT2D eigenvalue weighted by atomic mass is 10.1. The van der Waals surface area contributed by atoms with Crippen LogP contribution in [0.3, 0.4) is 0 Å². The van der Waals surface area contributed by atoms with Crippen molar-refractivity contribution >= 4 is 10.9 Å². The summed E-state index contributed by atoms with van der Waals surface area (Å²) in [5, 5.41) is 11.0. The molecule has 104 valence electrons. The third-order valence-electron chi connectivity index (χ3n) is 4.05. The number of aromatic nitrogens is 1. The van der Waals surface area contributed by atoms with Crippen molar-refractivity contribution in [3.05, 3.63) is 30.0 Å². The molecule has 1 heterocycles. The maximum atomic E-state index is 9.99. The van der Waals surface area contributed by atoms with Crippen molar-refractivity contribution in [3.63, 3.8) is 0 Å². The van der Waals surface area contributed by atoms with Crippen molar-refractivity contribution in [1.29, 1.82) is 0 Å². The highest BCUT2D eigenvalue weighted by molar-refractivity contribution is 5.88. The summed E-state index contributed by atoms with van der Waals surface area (Å²) in [6, 6.07) is 6.25. The smallest absolute Gasteiger partial charge is 0.125 e. The summed E-state index contributed by atoms with van der Waals surface area (Å²) >= 11 is 0. The molecule has 0 spiro atoms. The van der Waals surface area contributed by atoms with Gasteiger partial charge in [0, 0.05) is 29.7 Å². The van der Waals surface area contributed by atoms with Crippen LogP contribution in [-0.4, -0.2) is 34.1 Å². The Labute approximate surface area is 115 Å². The molecule has 1 aromatic heterocycles. The number of nitrogens with zero attached hydrogens (tertiary/aromatic N) is 1. The molecule has 0 amide bonds. The van der Waals surface area contributed by atoms with Gasteiger partial charge >= 0.3 is 0 Å². The van der Waals surface area contributed by atoms with Crippen LogP contribution in [0.4, 0.5) is 0 Å². The number of H-pyrrole nitrogens is 1. The van der Waals surface area contributed by atoms with Crippen molar-refractivity contribution in [3.8, 4) is 5.75 Å². The molecule has 0 saturated heterocycles. The lowest BCUT2D eigenvalue weighted by molar-refractivity contribution is 0.217. The molecule has 0 saturated carbocycles. The van der Waals surface area contributed by atoms with Gasteiger partial charge in [-0.05, 0) is 44.0 Å². The Morgan fingerprint density at radius 3 is 2.79 bits per heavy atom. The van der Waals surface area contributed by atoms with Crippen LogP contribution in [0.2, 0.25) is 0 Å². The molecule has 0 aliphatic carbocycles. The molecule has 0 aliphatic heterocycles. The van der Waals surface area contributed by atoms with Gasteiger partial charge < -0.3 is 15.0 Å². The molecule has 2 rings (SSSR count). The van der Waals surface area contributed by atoms with Gasteiger partial charge in [-0.3, -0.25) is 0 Å². The summed E-state index contributed by atoms with van der Waals surface area (Å²) in [6.07, 6.45) is 4.16. The molecule has 19 heavy (non-hydrogen) atoms. The molecular weight excluding hydrogens is 236 g/mol. The lowest BCUT2D eigenvalue weighted by Gasteiger charge is -2.26. The van der Waals surface area contributed by atoms with Gasteiger partial charge in [-0.15, -0.1) is 0 Å². The summed E-state index contributed by atoms with van der Waals surface area (Å²) in [5.41, 5.74) is 2.22. The zero-order chi connectivity index (χ0) is 13.8. The van der Waals surface area contributed by atoms with E-state index < -0.39 is 0 Å². The van der Waals surface area contributed by atoms with Gasteiger partial charge in [0.2, 0.25) is 0 Å². The summed E-state index contributed by atoms with van der Waals surface area (Å²) in [6.45, 7) is 8.82. The Bertz CT molecular complexity index is 533. The Hall–Kier alpha value is -1.48. The molecule has 0 aliphatic rings. The van der Waals surface area contributed by atoms with E-state index in [2.05, 4.69) is 30.7 Å². The number of phenolic OH excluding ortho intramolecular Hbond substituents is 1. The first-order chi connectivity index (χ1) is 9.17. The number of likely N-dealkylation sites (N-methyl/N-ethyl adjacent to an activating group) is 1. The molecule has 3 heteroatoms. The van der Waals surface area contributed by atoms with Crippen LogP contribution in [0, 0.1) is 0 Å². The van der Waals surface area contributed by atoms with E-state index in [0.717, 1.165) is 30.4 Å². The molecule has 2 aromatic rings. The molecule has 1 aromatic carbocycles. The zero-order valence-electron chi connectivity index (χ0n) is 12.1. The van der Waals surface area contributed by atoms with E-state index in [4.69, 9.17) is 0 Å². The van der Waals surface area contributed by atoms with Crippen molar-refractivity contribution in [2.75, 3.05) is 13.1 Å². The van der Waals surface area contributed by atoms with Gasteiger partial charge in [0.1, 0.15) is 5.75 Å². The molecule has 0 fully saturated rings. The van der Waals surface area contributed by atoms with Crippen molar-refractivity contribution < 1.29 is 5.11 Å². The topological polar surface area (TPSA) is 39.3 Å². The van der Waals surface area contributed by atoms with Gasteiger partial charge in [0.25, 0.3) is 0 Å². The number of phenols is 1. The van der Waals surface area contributed by atoms with E-state index in [9.17, 15) is 5.11 Å². The summed E-state index contributed by atoms with van der Waals surface area (Å²) in [4.78, 5) is 5.72. The SMILES string of the molecule is CCC(C)N(CC)CCc1c[nH]c2cccc(O)c12. The summed E-state index contributed by atoms with van der Waals surface area (Å²) < 4.78 is 0. The molecule has 3 nitrogen and oxygen atoms in total. The van der Waals surface area contributed by atoms with Crippen molar-refractivity contribution in [1.82, 2.24) is 9.88 Å². The Morgan fingerprint density at radius 1 is 1.32 bits per heavy atom. The van der Waals surface area contributed by atoms with E-state index in [1.807, 2.05) is 18.3 Å². The number of nitrogens with one attached hydrogen (secondary N) is 1. The monoisotopic (exact) mass is 260 g/mol. The molecule has 1 unspecified atom stereocenters. The minimum atomic E-state index is 0.375. The molecule has 1 atom stereocenters. The fourth-order valence-corrected chi connectivity index (χ4v) is 2.64. The van der Waals surface area contributed by atoms with Crippen LogP contribution >= 0.6 is 0 Å². The number of rotatable bonds is 6. The predicted molar refractivity (Wildman–Crippen MR) is 80.7 cm³/mol. The van der Waals surface area contributed by atoms with Gasteiger partial charge in [-0.1, -0.05) is 19.9 Å². The summed E-state index contributed by atoms with van der Waals surface area (Å²) in [7, 11) is 0. The molecular formula is C16H24N2O. The number of hydrogen-bond acceptors (Lipinski definition) is 2. The Kier molecular flexibility index (Phi) is 4.48. The van der Waals surface area contributed by atoms with Crippen LogP contribution in [0.25, 0.3) is 10.9 Å². The standard InChI is InChI=1S/C16H24N2O/c1-4-12(3)18(5-2)10-9-13-11-17-14-7-6-8-15(19)16(13)14/h6-8,11-12,17,19H,4-5,9-10H2,1-3H3. The number of aromatic amines is 1. The van der Waals surface area contributed by atoms with Crippen LogP contribution < -0.4 is 0 Å². The van der Waals surface area contributed by atoms with E-state index in [1.165, 1.54) is 12.0 Å². The minimum Gasteiger partial charge on any atom is -0.507 e. The van der Waals surface area contributed by atoms with Crippen molar-refractivity contribution in [2.45, 2.75) is 39.7 Å². The van der Waals surface area contributed by atoms with E-state index >= 15 is 0 Å². The second kappa shape index (κ2) is 6.11. The predicted octanol–water partition coefficient (Wildman–Crippen LogP) is 3.54. The third kappa shape index (κ3) is 2.92. The zero-order valence-corrected chi connectivity index (χ0v) is 12.1. The lowest BCUT2D eigenvalue weighted by Crippen LogP contribution is -2.34. The highest BCUT2D eigenvalue weighted by atomic mass is 16.3. The number of benzene rings is 1. The van der Waals surface area contributed by atoms with E-state index in [1.54, 1.807) is 6.07 Å². The van der Waals surface area contributed by atoms with Gasteiger partial charge in [0.15, 0.2) is 0 Å². The Morgan fingerprint density at radius 2 is 2.11 bits per heavy atom. The number of hydrogen-bond donors (Lipinski definition) is 2. The molecule has 0 bridgehead atoms. The Balaban J connectivity index is 2.13. The number of fused-ring (bicyclic) bond motifs is 1. The summed E-state index contributed by atoms with van der Waals surface area (Å²) in [5.74, 6) is 0.375. The maximum Gasteiger partial charge on any atom is 0.125 e.